The van der Waals surface area contributed by atoms with Gasteiger partial charge in [0.15, 0.2) is 0 Å². The van der Waals surface area contributed by atoms with Crippen LogP contribution in [0.2, 0.25) is 0 Å². The molecule has 0 radical (unpaired) electrons. The third-order valence-corrected chi connectivity index (χ3v) is 2.00. The van der Waals surface area contributed by atoms with Crippen LogP contribution >= 0.6 is 15.9 Å². The molecule has 9 heavy (non-hydrogen) atoms. The number of ether oxygens (including phenoxy) is 1. The van der Waals surface area contributed by atoms with E-state index in [2.05, 4.69) is 20.7 Å². The lowest BCUT2D eigenvalue weighted by atomic mass is 10.1. The van der Waals surface area contributed by atoms with Crippen LogP contribution in [0.1, 0.15) is 13.3 Å². The van der Waals surface area contributed by atoms with Crippen LogP contribution in [-0.2, 0) is 9.53 Å². The van der Waals surface area contributed by atoms with Crippen molar-refractivity contribution in [2.45, 2.75) is 13.3 Å². The van der Waals surface area contributed by atoms with E-state index in [1.54, 1.807) is 0 Å². The van der Waals surface area contributed by atoms with Crippen molar-refractivity contribution in [3.8, 4) is 0 Å². The van der Waals surface area contributed by atoms with Gasteiger partial charge in [0.25, 0.3) is 0 Å². The van der Waals surface area contributed by atoms with E-state index in [-0.39, 0.29) is 11.9 Å². The van der Waals surface area contributed by atoms with Crippen LogP contribution in [0.3, 0.4) is 0 Å². The van der Waals surface area contributed by atoms with Crippen LogP contribution in [0, 0.1) is 5.92 Å². The predicted octanol–water partition coefficient (Wildman–Crippen LogP) is 1.58. The minimum Gasteiger partial charge on any atom is -0.469 e. The molecule has 0 aromatic carbocycles. The number of hydrogen-bond donors (Lipinski definition) is 0. The van der Waals surface area contributed by atoms with Gasteiger partial charge < -0.3 is 4.74 Å². The third kappa shape index (κ3) is 2.84. The monoisotopic (exact) mass is 194 g/mol. The Morgan fingerprint density at radius 3 is 2.44 bits per heavy atom. The average molecular weight is 195 g/mol. The van der Waals surface area contributed by atoms with Gasteiger partial charge in [0.2, 0.25) is 0 Å². The van der Waals surface area contributed by atoms with E-state index in [1.165, 1.54) is 7.11 Å². The minimum atomic E-state index is -0.130. The van der Waals surface area contributed by atoms with Gasteiger partial charge in [-0.15, -0.1) is 0 Å². The second-order valence-electron chi connectivity index (χ2n) is 1.78. The Hall–Kier alpha value is -0.0500. The molecule has 0 amide bonds. The molecule has 0 fully saturated rings. The second kappa shape index (κ2) is 4.79. The average Bonchev–Trinajstić information content (AvgIpc) is 1.90. The Labute approximate surface area is 63.7 Å². The fourth-order valence-electron chi connectivity index (χ4n) is 0.505. The normalized spacial score (nSPS) is 12.8. The molecular formula is C6H11BrO2. The van der Waals surface area contributed by atoms with Crippen molar-refractivity contribution >= 4 is 21.9 Å². The molecule has 0 rings (SSSR count). The number of carbonyl (C=O) groups is 1. The molecule has 0 spiro atoms. The SMILES string of the molecule is CCC(CBr)C(=O)OC. The van der Waals surface area contributed by atoms with E-state index in [0.29, 0.717) is 5.33 Å². The topological polar surface area (TPSA) is 26.3 Å². The maximum atomic E-state index is 10.7. The first-order valence-corrected chi connectivity index (χ1v) is 4.02. The minimum absolute atomic E-state index is 0.0231. The number of hydrogen-bond acceptors (Lipinski definition) is 2. The summed E-state index contributed by atoms with van der Waals surface area (Å²) in [4.78, 5) is 10.7. The highest BCUT2D eigenvalue weighted by molar-refractivity contribution is 9.09. The molecule has 0 heterocycles. The molecule has 1 atom stereocenters. The maximum Gasteiger partial charge on any atom is 0.309 e. The van der Waals surface area contributed by atoms with Gasteiger partial charge in [-0.3, -0.25) is 4.79 Å². The molecule has 0 aliphatic heterocycles. The van der Waals surface area contributed by atoms with Crippen LogP contribution in [0.15, 0.2) is 0 Å². The molecule has 54 valence electrons. The highest BCUT2D eigenvalue weighted by Crippen LogP contribution is 2.07. The largest absolute Gasteiger partial charge is 0.469 e. The Morgan fingerprint density at radius 1 is 1.78 bits per heavy atom. The van der Waals surface area contributed by atoms with Crippen molar-refractivity contribution in [2.24, 2.45) is 5.92 Å². The summed E-state index contributed by atoms with van der Waals surface area (Å²) in [5.74, 6) is -0.107. The Morgan fingerprint density at radius 2 is 2.33 bits per heavy atom. The number of methoxy groups -OCH3 is 1. The first kappa shape index (κ1) is 8.95. The maximum absolute atomic E-state index is 10.7. The Kier molecular flexibility index (Phi) is 4.77. The molecule has 0 aromatic rings. The lowest BCUT2D eigenvalue weighted by molar-refractivity contribution is -0.144. The zero-order valence-corrected chi connectivity index (χ0v) is 7.27. The van der Waals surface area contributed by atoms with Crippen molar-refractivity contribution in [1.29, 1.82) is 0 Å². The number of esters is 1. The van der Waals surface area contributed by atoms with E-state index < -0.39 is 0 Å². The molecule has 0 aromatic heterocycles. The van der Waals surface area contributed by atoms with Gasteiger partial charge in [-0.25, -0.2) is 0 Å². The number of rotatable bonds is 3. The van der Waals surface area contributed by atoms with Gasteiger partial charge in [-0.2, -0.15) is 0 Å². The summed E-state index contributed by atoms with van der Waals surface area (Å²) in [6.07, 6.45) is 0.831. The lowest BCUT2D eigenvalue weighted by Crippen LogP contribution is -2.16. The fraction of sp³-hybridized carbons (Fsp3) is 0.833. The van der Waals surface area contributed by atoms with Gasteiger partial charge >= 0.3 is 5.97 Å². The summed E-state index contributed by atoms with van der Waals surface area (Å²) in [5.41, 5.74) is 0. The number of alkyl halides is 1. The van der Waals surface area contributed by atoms with Gasteiger partial charge in [0.1, 0.15) is 0 Å². The fourth-order valence-corrected chi connectivity index (χ4v) is 1.23. The summed E-state index contributed by atoms with van der Waals surface area (Å²) in [7, 11) is 1.41. The van der Waals surface area contributed by atoms with Crippen molar-refractivity contribution < 1.29 is 9.53 Å². The highest BCUT2D eigenvalue weighted by atomic mass is 79.9. The van der Waals surface area contributed by atoms with Crippen LogP contribution < -0.4 is 0 Å². The summed E-state index contributed by atoms with van der Waals surface area (Å²) < 4.78 is 4.53. The van der Waals surface area contributed by atoms with Crippen LogP contribution in [0.4, 0.5) is 0 Å². The standard InChI is InChI=1S/C6H11BrO2/c1-3-5(4-7)6(8)9-2/h5H,3-4H2,1-2H3. The third-order valence-electron chi connectivity index (χ3n) is 1.21. The zero-order chi connectivity index (χ0) is 7.28. The molecule has 0 aliphatic rings. The first-order valence-electron chi connectivity index (χ1n) is 2.90. The van der Waals surface area contributed by atoms with Crippen molar-refractivity contribution in [2.75, 3.05) is 12.4 Å². The number of carbonyl (C=O) groups excluding carboxylic acids is 1. The number of halogens is 1. The lowest BCUT2D eigenvalue weighted by Gasteiger charge is -2.06. The molecule has 0 bridgehead atoms. The van der Waals surface area contributed by atoms with Gasteiger partial charge in [-0.05, 0) is 6.42 Å². The molecule has 2 nitrogen and oxygen atoms in total. The van der Waals surface area contributed by atoms with Crippen LogP contribution in [0.25, 0.3) is 0 Å². The molecule has 3 heteroatoms. The van der Waals surface area contributed by atoms with Gasteiger partial charge in [0.05, 0.1) is 13.0 Å². The van der Waals surface area contributed by atoms with Gasteiger partial charge in [-0.1, -0.05) is 22.9 Å². The van der Waals surface area contributed by atoms with Crippen LogP contribution in [-0.4, -0.2) is 18.4 Å². The summed E-state index contributed by atoms with van der Waals surface area (Å²) in [6.45, 7) is 1.96. The first-order chi connectivity index (χ1) is 4.26. The summed E-state index contributed by atoms with van der Waals surface area (Å²) >= 11 is 3.22. The van der Waals surface area contributed by atoms with Crippen molar-refractivity contribution in [3.63, 3.8) is 0 Å². The molecule has 0 aliphatic carbocycles. The van der Waals surface area contributed by atoms with E-state index in [9.17, 15) is 4.79 Å². The smallest absolute Gasteiger partial charge is 0.309 e. The van der Waals surface area contributed by atoms with E-state index in [4.69, 9.17) is 0 Å². The predicted molar refractivity (Wildman–Crippen MR) is 39.6 cm³/mol. The summed E-state index contributed by atoms with van der Waals surface area (Å²) in [5, 5.41) is 0.691. The van der Waals surface area contributed by atoms with Crippen LogP contribution in [0.5, 0.6) is 0 Å². The quantitative estimate of drug-likeness (QED) is 0.504. The molecular weight excluding hydrogens is 184 g/mol. The Bertz CT molecular complexity index is 89.1. The molecule has 0 saturated heterocycles. The van der Waals surface area contributed by atoms with Gasteiger partial charge in [0, 0.05) is 5.33 Å². The molecule has 1 unspecified atom stereocenters. The highest BCUT2D eigenvalue weighted by Gasteiger charge is 2.13. The zero-order valence-electron chi connectivity index (χ0n) is 5.69. The molecule has 0 N–H and O–H groups in total. The van der Waals surface area contributed by atoms with E-state index in [0.717, 1.165) is 6.42 Å². The van der Waals surface area contributed by atoms with E-state index >= 15 is 0 Å². The van der Waals surface area contributed by atoms with Crippen molar-refractivity contribution in [1.82, 2.24) is 0 Å². The van der Waals surface area contributed by atoms with E-state index in [1.807, 2.05) is 6.92 Å². The summed E-state index contributed by atoms with van der Waals surface area (Å²) in [6, 6.07) is 0. The second-order valence-corrected chi connectivity index (χ2v) is 2.43. The molecule has 0 saturated carbocycles. The Balaban J connectivity index is 3.64. The van der Waals surface area contributed by atoms with Crippen molar-refractivity contribution in [3.05, 3.63) is 0 Å².